The molecule has 4 aliphatic rings. The lowest BCUT2D eigenvalue weighted by Crippen LogP contribution is -2.74. The fourth-order valence-electron chi connectivity index (χ4n) is 12.0. The molecular formula is C58H75F3N10O7S. The number of piperazine rings is 2. The zero-order valence-electron chi connectivity index (χ0n) is 46.7. The van der Waals surface area contributed by atoms with Gasteiger partial charge in [0.2, 0.25) is 5.91 Å². The maximum atomic E-state index is 14.2. The third-order valence-corrected chi connectivity index (χ3v) is 17.1. The van der Waals surface area contributed by atoms with Gasteiger partial charge < -0.3 is 39.9 Å². The molecule has 0 spiro atoms. The molecule has 4 aromatic rings. The van der Waals surface area contributed by atoms with Crippen molar-refractivity contribution in [3.8, 4) is 22.3 Å². The fourth-order valence-corrected chi connectivity index (χ4v) is 12.8. The summed E-state index contributed by atoms with van der Waals surface area (Å²) in [5.41, 5.74) is 1.52. The molecule has 1 saturated carbocycles. The van der Waals surface area contributed by atoms with E-state index in [9.17, 15) is 42.7 Å². The van der Waals surface area contributed by atoms with Crippen molar-refractivity contribution < 1.29 is 46.9 Å². The number of likely N-dealkylation sites (tertiary alicyclic amines) is 1. The van der Waals surface area contributed by atoms with Crippen LogP contribution in [0.4, 0.5) is 19.0 Å². The molecular weight excluding hydrogens is 1040 g/mol. The maximum Gasteiger partial charge on any atom is 0.417 e. The number of thiazole rings is 1. The lowest BCUT2D eigenvalue weighted by atomic mass is 9.49. The summed E-state index contributed by atoms with van der Waals surface area (Å²) in [6.07, 6.45) is -4.66. The van der Waals surface area contributed by atoms with E-state index in [1.54, 1.807) is 29.7 Å². The molecule has 5 heterocycles. The smallest absolute Gasteiger partial charge is 0.417 e. The number of amides is 3. The molecule has 0 bridgehead atoms. The number of hydrogen-bond donors (Lipinski definition) is 3. The SMILES string of the molecule is Cc1ncsc1-c1ccc([C@H](C)NC(=O)[C@@H]2C[C@@H](O)CN2C(=O)[C@@H](OC(=O)CN2CCN(CCCN3CCN(c4ccc(C(=O)N[C@H]5C(C)(C)[C@H](Oc6ccc(C#N)c(C(F)(F)F)c6)C5(C)C)cn4)CC3)CC2)C(C)(C)C)cc1. The van der Waals surface area contributed by atoms with E-state index in [2.05, 4.69) is 35.3 Å². The Hall–Kier alpha value is -6.18. The van der Waals surface area contributed by atoms with Crippen LogP contribution in [0.3, 0.4) is 0 Å². The molecule has 3 aliphatic heterocycles. The second-order valence-corrected chi connectivity index (χ2v) is 24.7. The van der Waals surface area contributed by atoms with Crippen LogP contribution < -0.4 is 20.3 Å². The molecule has 17 nitrogen and oxygen atoms in total. The number of rotatable bonds is 17. The van der Waals surface area contributed by atoms with Crippen LogP contribution in [0.2, 0.25) is 0 Å². The predicted molar refractivity (Wildman–Crippen MR) is 294 cm³/mol. The van der Waals surface area contributed by atoms with Gasteiger partial charge in [-0.3, -0.25) is 29.0 Å². The molecule has 4 fully saturated rings. The first-order chi connectivity index (χ1) is 37.2. The van der Waals surface area contributed by atoms with Crippen molar-refractivity contribution in [1.29, 1.82) is 5.26 Å². The van der Waals surface area contributed by atoms with Crippen LogP contribution in [0.5, 0.6) is 5.75 Å². The van der Waals surface area contributed by atoms with Gasteiger partial charge in [-0.15, -0.1) is 11.3 Å². The summed E-state index contributed by atoms with van der Waals surface area (Å²) in [5, 5.41) is 26.1. The Morgan fingerprint density at radius 1 is 0.886 bits per heavy atom. The van der Waals surface area contributed by atoms with Gasteiger partial charge in [-0.25, -0.2) is 9.97 Å². The molecule has 2 aromatic carbocycles. The number of nitrogens with one attached hydrogen (secondary N) is 2. The van der Waals surface area contributed by atoms with E-state index in [1.165, 1.54) is 11.0 Å². The first-order valence-corrected chi connectivity index (χ1v) is 28.1. The van der Waals surface area contributed by atoms with E-state index < -0.39 is 69.8 Å². The van der Waals surface area contributed by atoms with E-state index in [-0.39, 0.29) is 49.2 Å². The number of anilines is 1. The number of pyridine rings is 1. The lowest BCUT2D eigenvalue weighted by Gasteiger charge is -2.63. The number of esters is 1. The number of carbonyl (C=O) groups is 4. The van der Waals surface area contributed by atoms with Gasteiger partial charge in [-0.2, -0.15) is 18.4 Å². The van der Waals surface area contributed by atoms with Crippen molar-refractivity contribution in [1.82, 2.24) is 40.2 Å². The lowest BCUT2D eigenvalue weighted by molar-refractivity contribution is -0.169. The molecule has 3 N–H and O–H groups in total. The highest BCUT2D eigenvalue weighted by Crippen LogP contribution is 2.56. The number of alkyl halides is 3. The molecule has 0 radical (unpaired) electrons. The van der Waals surface area contributed by atoms with Crippen molar-refractivity contribution in [3.05, 3.63) is 94.3 Å². The van der Waals surface area contributed by atoms with Gasteiger partial charge >= 0.3 is 12.1 Å². The normalized spacial score (nSPS) is 22.5. The van der Waals surface area contributed by atoms with Crippen LogP contribution >= 0.6 is 11.3 Å². The fraction of sp³-hybridized carbons (Fsp3) is 0.569. The number of ether oxygens (including phenoxy) is 2. The number of aliphatic hydroxyl groups is 1. The quantitative estimate of drug-likeness (QED) is 0.0920. The summed E-state index contributed by atoms with van der Waals surface area (Å²) in [7, 11) is 0. The van der Waals surface area contributed by atoms with Crippen molar-refractivity contribution in [2.45, 2.75) is 118 Å². The van der Waals surface area contributed by atoms with Gasteiger partial charge in [-0.05, 0) is 74.8 Å². The van der Waals surface area contributed by atoms with Crippen LogP contribution in [0.15, 0.2) is 66.3 Å². The van der Waals surface area contributed by atoms with Crippen molar-refractivity contribution in [2.75, 3.05) is 83.4 Å². The molecule has 8 rings (SSSR count). The van der Waals surface area contributed by atoms with Crippen LogP contribution in [-0.2, 0) is 25.3 Å². The number of halogens is 3. The number of nitrogens with zero attached hydrogens (tertiary/aromatic N) is 8. The molecule has 3 amide bonds. The van der Waals surface area contributed by atoms with Gasteiger partial charge in [-0.1, -0.05) is 72.7 Å². The first kappa shape index (κ1) is 59.0. The highest BCUT2D eigenvalue weighted by atomic mass is 32.1. The Balaban J connectivity index is 0.731. The zero-order valence-corrected chi connectivity index (χ0v) is 47.5. The number of aryl methyl sites for hydroxylation is 1. The van der Waals surface area contributed by atoms with Crippen LogP contribution in [0, 0.1) is 34.5 Å². The Morgan fingerprint density at radius 2 is 1.52 bits per heavy atom. The predicted octanol–water partition coefficient (Wildman–Crippen LogP) is 6.94. The zero-order chi connectivity index (χ0) is 57.2. The minimum absolute atomic E-state index is 0.00541. The molecule has 0 unspecified atom stereocenters. The van der Waals surface area contributed by atoms with Crippen LogP contribution in [-0.4, -0.2) is 167 Å². The second-order valence-electron chi connectivity index (χ2n) is 23.8. The van der Waals surface area contributed by atoms with Gasteiger partial charge in [0.25, 0.3) is 11.8 Å². The summed E-state index contributed by atoms with van der Waals surface area (Å²) < 4.78 is 53.1. The standard InChI is InChI=1S/C58H75F3N10O7S/c1-36(38-11-13-39(14-12-38)48-37(2)64-35-79-48)65-51(75)45-29-42(72)33-71(45)52(76)49(55(3,4)5)78-47(73)34-69-23-21-67(22-24-69)19-10-20-68-25-27-70(28-26-68)46-18-16-41(32-63-46)50(74)66-53-56(6,7)54(57(53,8)9)77-43-17-15-40(31-62)44(30-43)58(59,60)61/h11-18,30,32,35-36,42,45,49,53-54,72H,10,19-29,33-34H2,1-9H3,(H,65,75)(H,66,74)/t36-,42+,45-,49+,53-,54-/m0/s1. The molecule has 21 heteroatoms. The first-order valence-electron chi connectivity index (χ1n) is 27.2. The molecule has 426 valence electrons. The number of nitriles is 1. The number of β-amino-alcohol motifs (C(OH)–C–C–N with tert-alkyl or cyclic N) is 1. The molecule has 4 atom stereocenters. The van der Waals surface area contributed by atoms with Gasteiger partial charge in [0, 0.05) is 93.8 Å². The Kier molecular flexibility index (Phi) is 17.8. The molecule has 79 heavy (non-hydrogen) atoms. The second kappa shape index (κ2) is 23.9. The summed E-state index contributed by atoms with van der Waals surface area (Å²) in [4.78, 5) is 75.5. The average molecular weight is 1110 g/mol. The van der Waals surface area contributed by atoms with Crippen LogP contribution in [0.1, 0.15) is 107 Å². The van der Waals surface area contributed by atoms with E-state index in [0.717, 1.165) is 98.4 Å². The monoisotopic (exact) mass is 1110 g/mol. The van der Waals surface area contributed by atoms with Crippen molar-refractivity contribution in [2.24, 2.45) is 16.2 Å². The maximum absolute atomic E-state index is 14.2. The summed E-state index contributed by atoms with van der Waals surface area (Å²) in [5.74, 6) is -0.911. The third-order valence-electron chi connectivity index (χ3n) is 16.2. The van der Waals surface area contributed by atoms with Crippen LogP contribution in [0.25, 0.3) is 10.4 Å². The van der Waals surface area contributed by atoms with E-state index in [0.29, 0.717) is 18.7 Å². The van der Waals surface area contributed by atoms with Gasteiger partial charge in [0.15, 0.2) is 6.10 Å². The summed E-state index contributed by atoms with van der Waals surface area (Å²) >= 11 is 1.57. The average Bonchev–Trinajstić information content (AvgIpc) is 3.90. The highest BCUT2D eigenvalue weighted by molar-refractivity contribution is 7.13. The van der Waals surface area contributed by atoms with Crippen molar-refractivity contribution in [3.63, 3.8) is 0 Å². The largest absolute Gasteiger partial charge is 0.489 e. The number of aliphatic hydroxyl groups excluding tert-OH is 1. The summed E-state index contributed by atoms with van der Waals surface area (Å²) in [6, 6.07) is 14.8. The molecule has 1 aliphatic carbocycles. The number of carbonyl (C=O) groups excluding carboxylic acids is 4. The minimum Gasteiger partial charge on any atom is -0.489 e. The van der Waals surface area contributed by atoms with Gasteiger partial charge in [0.05, 0.1) is 57.5 Å². The Morgan fingerprint density at radius 3 is 2.09 bits per heavy atom. The van der Waals surface area contributed by atoms with E-state index in [4.69, 9.17) is 9.47 Å². The minimum atomic E-state index is -4.71. The van der Waals surface area contributed by atoms with E-state index in [1.807, 2.05) is 103 Å². The number of hydrogen-bond acceptors (Lipinski definition) is 15. The molecule has 3 saturated heterocycles. The third kappa shape index (κ3) is 13.5. The number of benzene rings is 2. The summed E-state index contributed by atoms with van der Waals surface area (Å²) in [6.45, 7) is 25.0. The van der Waals surface area contributed by atoms with E-state index >= 15 is 0 Å². The Bertz CT molecular complexity index is 2840. The number of aromatic nitrogens is 2. The topological polar surface area (TPSA) is 197 Å². The highest BCUT2D eigenvalue weighted by Gasteiger charge is 2.64. The Labute approximate surface area is 465 Å². The van der Waals surface area contributed by atoms with Crippen molar-refractivity contribution >= 4 is 40.8 Å². The molecule has 2 aromatic heterocycles. The van der Waals surface area contributed by atoms with Gasteiger partial charge in [0.1, 0.15) is 23.7 Å².